The molecule has 0 spiro atoms. The Labute approximate surface area is 167 Å². The first-order chi connectivity index (χ1) is 11.8. The molecular weight excluding hydrogens is 459 g/mol. The van der Waals surface area contributed by atoms with Crippen LogP contribution in [-0.4, -0.2) is 43.5 Å². The molecule has 0 aromatic carbocycles. The maximum absolute atomic E-state index is 12.8. The van der Waals surface area contributed by atoms with E-state index in [-0.39, 0.29) is 42.9 Å². The summed E-state index contributed by atoms with van der Waals surface area (Å²) < 4.78 is 28.0. The Balaban J connectivity index is 0.00000338. The van der Waals surface area contributed by atoms with Gasteiger partial charge in [0.1, 0.15) is 18.0 Å². The Kier molecular flexibility index (Phi) is 8.40. The Morgan fingerprint density at radius 2 is 2.15 bits per heavy atom. The maximum atomic E-state index is 12.8. The highest BCUT2D eigenvalue weighted by molar-refractivity contribution is 14.0. The second kappa shape index (κ2) is 9.80. The molecule has 1 unspecified atom stereocenters. The number of guanidine groups is 1. The fourth-order valence-electron chi connectivity index (χ4n) is 2.19. The van der Waals surface area contributed by atoms with E-state index in [4.69, 9.17) is 0 Å². The van der Waals surface area contributed by atoms with E-state index >= 15 is 0 Å². The molecule has 2 aromatic heterocycles. The lowest BCUT2D eigenvalue weighted by atomic mass is 10.00. The predicted molar refractivity (Wildman–Crippen MR) is 104 cm³/mol. The van der Waals surface area contributed by atoms with E-state index in [1.165, 1.54) is 12.4 Å². The highest BCUT2D eigenvalue weighted by Gasteiger charge is 2.25. The second-order valence-corrected chi connectivity index (χ2v) is 5.75. The number of hydrogen-bond acceptors (Lipinski definition) is 4. The molecule has 0 saturated carbocycles. The van der Waals surface area contributed by atoms with E-state index < -0.39 is 12.2 Å². The largest absolute Gasteiger partial charge is 0.383 e. The number of aliphatic imine (C=N–C) groups is 1. The van der Waals surface area contributed by atoms with Crippen LogP contribution in [0, 0.1) is 0 Å². The van der Waals surface area contributed by atoms with Crippen LogP contribution in [0.15, 0.2) is 29.8 Å². The molecule has 8 nitrogen and oxygen atoms in total. The number of aliphatic hydroxyl groups is 1. The van der Waals surface area contributed by atoms with Gasteiger partial charge < -0.3 is 15.7 Å². The molecule has 0 aliphatic rings. The number of aromatic nitrogens is 4. The van der Waals surface area contributed by atoms with E-state index in [1.54, 1.807) is 31.0 Å². The molecule has 26 heavy (non-hydrogen) atoms. The quantitative estimate of drug-likeness (QED) is 0.316. The van der Waals surface area contributed by atoms with Gasteiger partial charge in [-0.05, 0) is 13.8 Å². The summed E-state index contributed by atoms with van der Waals surface area (Å²) >= 11 is 0. The van der Waals surface area contributed by atoms with Crippen LogP contribution < -0.4 is 10.6 Å². The van der Waals surface area contributed by atoms with Crippen LogP contribution in [0.3, 0.4) is 0 Å². The normalized spacial score (nSPS) is 14.0. The van der Waals surface area contributed by atoms with Gasteiger partial charge in [0.25, 0.3) is 0 Å². The van der Waals surface area contributed by atoms with Crippen LogP contribution in [0.4, 0.5) is 8.78 Å². The Morgan fingerprint density at radius 1 is 1.42 bits per heavy atom. The standard InChI is InChI=1S/C15H23F2N7O.HI/c1-4-18-14(20-8-12-19-5-6-24(12)13(16)17)21-10-15(2,25)11-7-22-23(3)9-11;/h5-7,9,13,25H,4,8,10H2,1-3H3,(H2,18,20,21);1H. The molecule has 2 aromatic rings. The summed E-state index contributed by atoms with van der Waals surface area (Å²) in [5.41, 5.74) is -0.502. The Morgan fingerprint density at radius 3 is 2.73 bits per heavy atom. The molecule has 0 fully saturated rings. The average Bonchev–Trinajstić information content (AvgIpc) is 3.19. The van der Waals surface area contributed by atoms with Crippen molar-refractivity contribution in [1.29, 1.82) is 0 Å². The Hall–Kier alpha value is -1.76. The van der Waals surface area contributed by atoms with Gasteiger partial charge in [-0.1, -0.05) is 0 Å². The maximum Gasteiger partial charge on any atom is 0.319 e. The number of rotatable bonds is 7. The van der Waals surface area contributed by atoms with Gasteiger partial charge in [-0.3, -0.25) is 9.25 Å². The Bertz CT molecular complexity index is 714. The van der Waals surface area contributed by atoms with Crippen LogP contribution >= 0.6 is 24.0 Å². The third kappa shape index (κ3) is 5.90. The predicted octanol–water partition coefficient (Wildman–Crippen LogP) is 1.59. The molecule has 0 aliphatic carbocycles. The second-order valence-electron chi connectivity index (χ2n) is 5.75. The van der Waals surface area contributed by atoms with E-state index in [0.29, 0.717) is 18.1 Å². The van der Waals surface area contributed by atoms with Crippen molar-refractivity contribution in [3.8, 4) is 0 Å². The van der Waals surface area contributed by atoms with Crippen LogP contribution in [0.1, 0.15) is 31.8 Å². The number of hydrogen-bond donors (Lipinski definition) is 3. The van der Waals surface area contributed by atoms with E-state index in [2.05, 4.69) is 25.7 Å². The van der Waals surface area contributed by atoms with Gasteiger partial charge in [-0.15, -0.1) is 24.0 Å². The number of alkyl halides is 2. The molecule has 2 heterocycles. The van der Waals surface area contributed by atoms with Crippen molar-refractivity contribution in [3.63, 3.8) is 0 Å². The average molecular weight is 483 g/mol. The van der Waals surface area contributed by atoms with Crippen molar-refractivity contribution in [1.82, 2.24) is 30.0 Å². The SMILES string of the molecule is CCNC(=NCc1nccn1C(F)F)NCC(C)(O)c1cnn(C)c1.I. The smallest absolute Gasteiger partial charge is 0.319 e. The van der Waals surface area contributed by atoms with Crippen LogP contribution in [0.5, 0.6) is 0 Å². The van der Waals surface area contributed by atoms with Crippen molar-refractivity contribution < 1.29 is 13.9 Å². The fraction of sp³-hybridized carbons (Fsp3) is 0.533. The number of halogens is 3. The molecular formula is C15H24F2IN7O. The van der Waals surface area contributed by atoms with E-state index in [1.807, 2.05) is 6.92 Å². The first-order valence-corrected chi connectivity index (χ1v) is 7.87. The first-order valence-electron chi connectivity index (χ1n) is 7.87. The third-order valence-electron chi connectivity index (χ3n) is 3.61. The van der Waals surface area contributed by atoms with Gasteiger partial charge in [-0.25, -0.2) is 9.98 Å². The highest BCUT2D eigenvalue weighted by atomic mass is 127. The van der Waals surface area contributed by atoms with E-state index in [9.17, 15) is 13.9 Å². The zero-order valence-corrected chi connectivity index (χ0v) is 17.2. The number of nitrogens with one attached hydrogen (secondary N) is 2. The van der Waals surface area contributed by atoms with Gasteiger partial charge in [0.15, 0.2) is 5.96 Å². The summed E-state index contributed by atoms with van der Waals surface area (Å²) in [4.78, 5) is 8.14. The van der Waals surface area contributed by atoms with Gasteiger partial charge in [0.05, 0.1) is 12.7 Å². The minimum absolute atomic E-state index is 0. The lowest BCUT2D eigenvalue weighted by Crippen LogP contribution is -2.44. The van der Waals surface area contributed by atoms with Gasteiger partial charge in [-0.2, -0.15) is 13.9 Å². The molecule has 146 valence electrons. The monoisotopic (exact) mass is 483 g/mol. The summed E-state index contributed by atoms with van der Waals surface area (Å²) in [5.74, 6) is 0.557. The summed E-state index contributed by atoms with van der Waals surface area (Å²) in [7, 11) is 1.77. The lowest BCUT2D eigenvalue weighted by Gasteiger charge is -2.23. The molecule has 0 saturated heterocycles. The zero-order valence-electron chi connectivity index (χ0n) is 14.9. The molecule has 11 heteroatoms. The molecule has 0 radical (unpaired) electrons. The van der Waals surface area contributed by atoms with Gasteiger partial charge in [0.2, 0.25) is 0 Å². The number of aryl methyl sites for hydroxylation is 1. The molecule has 3 N–H and O–H groups in total. The summed E-state index contributed by atoms with van der Waals surface area (Å²) in [6.45, 7) is 1.63. The molecule has 0 aliphatic heterocycles. The molecule has 0 amide bonds. The first kappa shape index (κ1) is 22.3. The van der Waals surface area contributed by atoms with Crippen molar-refractivity contribution in [2.24, 2.45) is 12.0 Å². The topological polar surface area (TPSA) is 92.3 Å². The van der Waals surface area contributed by atoms with Crippen molar-refractivity contribution in [2.75, 3.05) is 13.1 Å². The zero-order chi connectivity index (χ0) is 18.4. The van der Waals surface area contributed by atoms with Gasteiger partial charge >= 0.3 is 6.55 Å². The van der Waals surface area contributed by atoms with Gasteiger partial charge in [0, 0.05) is 37.7 Å². The summed E-state index contributed by atoms with van der Waals surface area (Å²) in [5, 5.41) is 20.6. The minimum Gasteiger partial charge on any atom is -0.383 e. The van der Waals surface area contributed by atoms with Crippen LogP contribution in [0.25, 0.3) is 0 Å². The highest BCUT2D eigenvalue weighted by Crippen LogP contribution is 2.18. The van der Waals surface area contributed by atoms with Crippen molar-refractivity contribution in [2.45, 2.75) is 32.5 Å². The lowest BCUT2D eigenvalue weighted by molar-refractivity contribution is 0.0616. The summed E-state index contributed by atoms with van der Waals surface area (Å²) in [6, 6.07) is 0. The van der Waals surface area contributed by atoms with Crippen LogP contribution in [-0.2, 0) is 19.2 Å². The number of imidazole rings is 1. The summed E-state index contributed by atoms with van der Waals surface area (Å²) in [6.07, 6.45) is 5.84. The molecule has 0 bridgehead atoms. The van der Waals surface area contributed by atoms with E-state index in [0.717, 1.165) is 4.57 Å². The van der Waals surface area contributed by atoms with Crippen molar-refractivity contribution >= 4 is 29.9 Å². The number of nitrogens with zero attached hydrogens (tertiary/aromatic N) is 5. The minimum atomic E-state index is -2.66. The third-order valence-corrected chi connectivity index (χ3v) is 3.61. The van der Waals surface area contributed by atoms with Crippen molar-refractivity contribution in [3.05, 3.63) is 36.2 Å². The molecule has 1 atom stereocenters. The fourth-order valence-corrected chi connectivity index (χ4v) is 2.19. The molecule has 2 rings (SSSR count). The van der Waals surface area contributed by atoms with Crippen LogP contribution in [0.2, 0.25) is 0 Å².